The number of para-hydroxylation sites is 1. The van der Waals surface area contributed by atoms with Crippen LogP contribution in [0.1, 0.15) is 48.5 Å². The zero-order chi connectivity index (χ0) is 26.2. The third-order valence-electron chi connectivity index (χ3n) is 6.49. The van der Waals surface area contributed by atoms with E-state index in [1.54, 1.807) is 11.8 Å². The van der Waals surface area contributed by atoms with E-state index in [0.717, 1.165) is 38.6 Å². The summed E-state index contributed by atoms with van der Waals surface area (Å²) in [6.45, 7) is 5.06. The number of benzene rings is 3. The van der Waals surface area contributed by atoms with Crippen LogP contribution in [0.15, 0.2) is 77.7 Å². The van der Waals surface area contributed by atoms with Gasteiger partial charge in [-0.1, -0.05) is 67.6 Å². The molecule has 5 N–H and O–H groups in total. The lowest BCUT2D eigenvalue weighted by Gasteiger charge is -2.41. The summed E-state index contributed by atoms with van der Waals surface area (Å²) in [5, 5.41) is 15.0. The van der Waals surface area contributed by atoms with Crippen LogP contribution in [-0.2, 0) is 22.6 Å². The third kappa shape index (κ3) is 7.05. The molecule has 4 atom stereocenters. The van der Waals surface area contributed by atoms with Crippen molar-refractivity contribution in [3.8, 4) is 0 Å². The molecule has 8 heteroatoms. The van der Waals surface area contributed by atoms with Crippen molar-refractivity contribution in [2.24, 2.45) is 5.92 Å². The second-order valence-electron chi connectivity index (χ2n) is 9.13. The highest BCUT2D eigenvalue weighted by Gasteiger charge is 2.38. The van der Waals surface area contributed by atoms with Crippen LogP contribution in [-0.4, -0.2) is 29.5 Å². The molecule has 1 aliphatic rings. The van der Waals surface area contributed by atoms with Gasteiger partial charge in [-0.25, -0.2) is 4.79 Å². The topological polar surface area (TPSA) is 106 Å². The minimum Gasteiger partial charge on any atom is -0.398 e. The number of nitrogen functional groups attached to an aromatic ring is 1. The number of aliphatic hydroxyl groups is 1. The number of thioether (sulfide) groups is 1. The van der Waals surface area contributed by atoms with E-state index in [1.807, 2.05) is 79.7 Å². The maximum absolute atomic E-state index is 11.7. The summed E-state index contributed by atoms with van der Waals surface area (Å²) in [7, 11) is 0. The maximum atomic E-state index is 11.7. The number of urea groups is 1. The molecule has 0 bridgehead atoms. The number of nitrogens with one attached hydrogen (secondary N) is 2. The first kappa shape index (κ1) is 27.0. The van der Waals surface area contributed by atoms with Crippen molar-refractivity contribution in [3.05, 3.63) is 95.1 Å². The molecule has 196 valence electrons. The van der Waals surface area contributed by atoms with Crippen LogP contribution in [0.2, 0.25) is 0 Å². The Labute approximate surface area is 222 Å². The lowest BCUT2D eigenvalue weighted by Crippen LogP contribution is -2.38. The van der Waals surface area contributed by atoms with Gasteiger partial charge in [0, 0.05) is 40.9 Å². The fourth-order valence-corrected chi connectivity index (χ4v) is 5.43. The number of hydrogen-bond donors (Lipinski definition) is 4. The molecule has 1 saturated heterocycles. The lowest BCUT2D eigenvalue weighted by atomic mass is 9.91. The Bertz CT molecular complexity index is 1160. The first-order chi connectivity index (χ1) is 18.0. The van der Waals surface area contributed by atoms with Crippen LogP contribution >= 0.6 is 11.8 Å². The molecule has 0 aromatic heterocycles. The minimum atomic E-state index is -0.539. The van der Waals surface area contributed by atoms with E-state index in [-0.39, 0.29) is 30.8 Å². The highest BCUT2D eigenvalue weighted by Crippen LogP contribution is 2.43. The van der Waals surface area contributed by atoms with Crippen LogP contribution in [0.3, 0.4) is 0 Å². The fraction of sp³-hybridized carbons (Fsp3) is 0.345. The van der Waals surface area contributed by atoms with Gasteiger partial charge in [0.2, 0.25) is 0 Å². The molecular formula is C29H35N3O4S. The Kier molecular flexibility index (Phi) is 9.46. The molecule has 0 aliphatic carbocycles. The summed E-state index contributed by atoms with van der Waals surface area (Å²) >= 11 is 1.69. The molecule has 0 spiro atoms. The smallest absolute Gasteiger partial charge is 0.315 e. The van der Waals surface area contributed by atoms with Crippen molar-refractivity contribution in [2.75, 3.05) is 18.0 Å². The number of amides is 2. The van der Waals surface area contributed by atoms with Gasteiger partial charge in [-0.05, 0) is 35.7 Å². The van der Waals surface area contributed by atoms with E-state index in [1.165, 1.54) is 0 Å². The second-order valence-corrected chi connectivity index (χ2v) is 10.2. The molecule has 1 aliphatic heterocycles. The number of hydrogen-bond acceptors (Lipinski definition) is 6. The Hall–Kier alpha value is -3.04. The maximum Gasteiger partial charge on any atom is 0.315 e. The molecule has 1 unspecified atom stereocenters. The minimum absolute atomic E-state index is 0.00612. The number of rotatable bonds is 9. The van der Waals surface area contributed by atoms with Crippen LogP contribution in [0.25, 0.3) is 0 Å². The average Bonchev–Trinajstić information content (AvgIpc) is 2.93. The van der Waals surface area contributed by atoms with Gasteiger partial charge in [-0.15, -0.1) is 11.8 Å². The molecule has 3 aromatic carbocycles. The van der Waals surface area contributed by atoms with Gasteiger partial charge in [0.05, 0.1) is 18.8 Å². The second kappa shape index (κ2) is 13.0. The molecule has 0 saturated carbocycles. The molecule has 7 nitrogen and oxygen atoms in total. The number of aliphatic hydroxyl groups excluding tert-OH is 1. The van der Waals surface area contributed by atoms with Crippen molar-refractivity contribution < 1.29 is 19.4 Å². The van der Waals surface area contributed by atoms with Crippen molar-refractivity contribution in [1.29, 1.82) is 0 Å². The molecule has 2 amide bonds. The average molecular weight is 522 g/mol. The van der Waals surface area contributed by atoms with E-state index < -0.39 is 6.29 Å². The fourth-order valence-electron chi connectivity index (χ4n) is 4.29. The first-order valence-corrected chi connectivity index (χ1v) is 13.6. The molecule has 1 fully saturated rings. The van der Waals surface area contributed by atoms with Crippen molar-refractivity contribution in [1.82, 2.24) is 10.6 Å². The van der Waals surface area contributed by atoms with Crippen LogP contribution in [0.5, 0.6) is 0 Å². The Morgan fingerprint density at radius 1 is 0.946 bits per heavy atom. The SMILES string of the molecule is CCNC(=O)NCc1ccc(C2O[C@H](CSc3ccccc3N)[C@H](C)[C@H](c3ccc(CO)cc3)O2)cc1. The van der Waals surface area contributed by atoms with Gasteiger partial charge in [0.1, 0.15) is 0 Å². The van der Waals surface area contributed by atoms with E-state index in [4.69, 9.17) is 15.2 Å². The molecule has 0 radical (unpaired) electrons. The quantitative estimate of drug-likeness (QED) is 0.229. The zero-order valence-corrected chi connectivity index (χ0v) is 22.0. The summed E-state index contributed by atoms with van der Waals surface area (Å²) in [6, 6.07) is 23.5. The summed E-state index contributed by atoms with van der Waals surface area (Å²) < 4.78 is 13.0. The van der Waals surface area contributed by atoms with Gasteiger partial charge in [-0.2, -0.15) is 0 Å². The Morgan fingerprint density at radius 3 is 2.30 bits per heavy atom. The van der Waals surface area contributed by atoms with Gasteiger partial charge in [0.25, 0.3) is 0 Å². The Balaban J connectivity index is 1.52. The highest BCUT2D eigenvalue weighted by molar-refractivity contribution is 7.99. The normalized spacial score (nSPS) is 21.4. The number of ether oxygens (including phenoxy) is 2. The van der Waals surface area contributed by atoms with E-state index in [9.17, 15) is 9.90 Å². The van der Waals surface area contributed by atoms with Crippen LogP contribution in [0, 0.1) is 5.92 Å². The molecule has 4 rings (SSSR count). The Morgan fingerprint density at radius 2 is 1.62 bits per heavy atom. The molecular weight excluding hydrogens is 486 g/mol. The summed E-state index contributed by atoms with van der Waals surface area (Å²) in [5.41, 5.74) is 10.8. The van der Waals surface area contributed by atoms with Crippen molar-refractivity contribution >= 4 is 23.5 Å². The van der Waals surface area contributed by atoms with Crippen LogP contribution < -0.4 is 16.4 Å². The summed E-state index contributed by atoms with van der Waals surface area (Å²) in [6.07, 6.45) is -0.794. The first-order valence-electron chi connectivity index (χ1n) is 12.6. The van der Waals surface area contributed by atoms with Gasteiger partial charge >= 0.3 is 6.03 Å². The standard InChI is InChI=1S/C29H35N3O4S/c1-3-31-29(34)32-16-20-8-14-23(15-9-20)28-35-25(18-37-26-7-5-4-6-24(26)30)19(2)27(36-28)22-12-10-21(17-33)11-13-22/h4-15,19,25,27-28,33H,3,16-18,30H2,1-2H3,(H2,31,32,34)/t19-,25+,27+,28?/m0/s1. The largest absolute Gasteiger partial charge is 0.398 e. The van der Waals surface area contributed by atoms with E-state index in [0.29, 0.717) is 13.1 Å². The van der Waals surface area contributed by atoms with Gasteiger partial charge in [0.15, 0.2) is 6.29 Å². The zero-order valence-electron chi connectivity index (χ0n) is 21.2. The number of carbonyl (C=O) groups is 1. The third-order valence-corrected chi connectivity index (χ3v) is 7.67. The van der Waals surface area contributed by atoms with E-state index in [2.05, 4.69) is 17.6 Å². The number of anilines is 1. The summed E-state index contributed by atoms with van der Waals surface area (Å²) in [5.74, 6) is 0.823. The number of nitrogens with two attached hydrogens (primary N) is 1. The van der Waals surface area contributed by atoms with Gasteiger partial charge < -0.3 is 30.9 Å². The number of carbonyl (C=O) groups excluding carboxylic acids is 1. The predicted octanol–water partition coefficient (Wildman–Crippen LogP) is 5.16. The predicted molar refractivity (Wildman–Crippen MR) is 147 cm³/mol. The monoisotopic (exact) mass is 521 g/mol. The highest BCUT2D eigenvalue weighted by atomic mass is 32.2. The van der Waals surface area contributed by atoms with E-state index >= 15 is 0 Å². The van der Waals surface area contributed by atoms with Crippen molar-refractivity contribution in [2.45, 2.75) is 50.4 Å². The van der Waals surface area contributed by atoms with Crippen LogP contribution in [0.4, 0.5) is 10.5 Å². The molecule has 37 heavy (non-hydrogen) atoms. The van der Waals surface area contributed by atoms with Gasteiger partial charge in [-0.3, -0.25) is 0 Å². The summed E-state index contributed by atoms with van der Waals surface area (Å²) in [4.78, 5) is 12.7. The molecule has 1 heterocycles. The molecule has 3 aromatic rings. The lowest BCUT2D eigenvalue weighted by molar-refractivity contribution is -0.268. The van der Waals surface area contributed by atoms with Crippen molar-refractivity contribution in [3.63, 3.8) is 0 Å².